The number of nitrogens with zero attached hydrogens (tertiary/aromatic N) is 4. The highest BCUT2D eigenvalue weighted by Gasteiger charge is 2.10. The molecule has 3 rings (SSSR count). The van der Waals surface area contributed by atoms with Gasteiger partial charge in [-0.2, -0.15) is 10.2 Å². The van der Waals surface area contributed by atoms with E-state index in [1.165, 1.54) is 23.1 Å². The van der Waals surface area contributed by atoms with E-state index in [2.05, 4.69) is 15.5 Å². The minimum Gasteiger partial charge on any atom is -0.476 e. The molecule has 2 N–H and O–H groups in total. The molecule has 0 spiro atoms. The Balaban J connectivity index is 1.58. The number of hydrogen-bond donors (Lipinski definition) is 2. The van der Waals surface area contributed by atoms with E-state index in [1.54, 1.807) is 16.9 Å². The van der Waals surface area contributed by atoms with Crippen LogP contribution in [0.3, 0.4) is 0 Å². The molecule has 128 valence electrons. The Morgan fingerprint density at radius 2 is 2.08 bits per heavy atom. The molecule has 0 unspecified atom stereocenters. The van der Waals surface area contributed by atoms with Crippen molar-refractivity contribution in [3.8, 4) is 0 Å². The molecule has 8 nitrogen and oxygen atoms in total. The summed E-state index contributed by atoms with van der Waals surface area (Å²) >= 11 is 5.95. The number of aromatic nitrogens is 4. The smallest absolute Gasteiger partial charge is 0.356 e. The number of aromatic carboxylic acids is 1. The van der Waals surface area contributed by atoms with Crippen molar-refractivity contribution in [1.29, 1.82) is 0 Å². The van der Waals surface area contributed by atoms with Gasteiger partial charge in [0.05, 0.1) is 18.4 Å². The first-order valence-electron chi connectivity index (χ1n) is 7.33. The van der Waals surface area contributed by atoms with Gasteiger partial charge in [0.15, 0.2) is 5.69 Å². The first-order valence-corrected chi connectivity index (χ1v) is 7.71. The third-order valence-electron chi connectivity index (χ3n) is 3.32. The summed E-state index contributed by atoms with van der Waals surface area (Å²) in [6.45, 7) is 0.435. The van der Waals surface area contributed by atoms with Gasteiger partial charge in [0.2, 0.25) is 5.91 Å². The SMILES string of the molecule is O=C(Cn1ccc(C(=O)O)n1)Nc1cnn(Cc2cccc(Cl)c2)c1. The standard InChI is InChI=1S/C16H14ClN5O3/c17-12-3-1-2-11(6-12)8-22-9-13(7-18-22)19-15(23)10-21-5-4-14(20-21)16(24)25/h1-7,9H,8,10H2,(H,19,23)(H,24,25). The second-order valence-electron chi connectivity index (χ2n) is 5.31. The predicted molar refractivity (Wildman–Crippen MR) is 90.6 cm³/mol. The Morgan fingerprint density at radius 3 is 2.80 bits per heavy atom. The summed E-state index contributed by atoms with van der Waals surface area (Å²) in [4.78, 5) is 22.8. The Bertz CT molecular complexity index is 918. The van der Waals surface area contributed by atoms with Crippen LogP contribution >= 0.6 is 11.6 Å². The van der Waals surface area contributed by atoms with E-state index in [0.29, 0.717) is 17.3 Å². The predicted octanol–water partition coefficient (Wildman–Crippen LogP) is 2.12. The molecule has 2 heterocycles. The van der Waals surface area contributed by atoms with Gasteiger partial charge in [-0.1, -0.05) is 23.7 Å². The van der Waals surface area contributed by atoms with Crippen LogP contribution < -0.4 is 5.32 Å². The van der Waals surface area contributed by atoms with Crippen molar-refractivity contribution in [2.24, 2.45) is 0 Å². The Morgan fingerprint density at radius 1 is 1.24 bits per heavy atom. The lowest BCUT2D eigenvalue weighted by atomic mass is 10.2. The molecule has 3 aromatic rings. The third kappa shape index (κ3) is 4.45. The quantitative estimate of drug-likeness (QED) is 0.701. The normalized spacial score (nSPS) is 10.6. The first-order chi connectivity index (χ1) is 12.0. The highest BCUT2D eigenvalue weighted by Crippen LogP contribution is 2.13. The van der Waals surface area contributed by atoms with E-state index in [1.807, 2.05) is 18.2 Å². The topological polar surface area (TPSA) is 102 Å². The second kappa shape index (κ2) is 7.18. The van der Waals surface area contributed by atoms with Crippen molar-refractivity contribution in [2.45, 2.75) is 13.1 Å². The summed E-state index contributed by atoms with van der Waals surface area (Å²) in [6, 6.07) is 8.77. The van der Waals surface area contributed by atoms with Gasteiger partial charge < -0.3 is 10.4 Å². The molecule has 0 bridgehead atoms. The van der Waals surface area contributed by atoms with E-state index >= 15 is 0 Å². The second-order valence-corrected chi connectivity index (χ2v) is 5.74. The van der Waals surface area contributed by atoms with Crippen LogP contribution in [0.25, 0.3) is 0 Å². The molecule has 2 aromatic heterocycles. The molecule has 0 aliphatic heterocycles. The molecule has 0 atom stereocenters. The highest BCUT2D eigenvalue weighted by atomic mass is 35.5. The number of anilines is 1. The summed E-state index contributed by atoms with van der Waals surface area (Å²) in [5, 5.41) is 20.1. The molecule has 1 aromatic carbocycles. The third-order valence-corrected chi connectivity index (χ3v) is 3.55. The highest BCUT2D eigenvalue weighted by molar-refractivity contribution is 6.30. The summed E-state index contributed by atoms with van der Waals surface area (Å²) in [6.07, 6.45) is 4.67. The summed E-state index contributed by atoms with van der Waals surface area (Å²) in [5.41, 5.74) is 1.42. The zero-order chi connectivity index (χ0) is 17.8. The van der Waals surface area contributed by atoms with Crippen molar-refractivity contribution in [3.05, 3.63) is 65.2 Å². The van der Waals surface area contributed by atoms with E-state index in [4.69, 9.17) is 16.7 Å². The van der Waals surface area contributed by atoms with Crippen LogP contribution in [-0.4, -0.2) is 36.5 Å². The Labute approximate surface area is 147 Å². The van der Waals surface area contributed by atoms with Gasteiger partial charge in [-0.05, 0) is 23.8 Å². The Kier molecular flexibility index (Phi) is 4.80. The lowest BCUT2D eigenvalue weighted by molar-refractivity contribution is -0.116. The maximum atomic E-state index is 12.0. The molecule has 0 fully saturated rings. The molecule has 9 heteroatoms. The Hall–Kier alpha value is -3.13. The van der Waals surface area contributed by atoms with Crippen LogP contribution in [0.15, 0.2) is 48.9 Å². The monoisotopic (exact) mass is 359 g/mol. The van der Waals surface area contributed by atoms with Gasteiger partial charge in [-0.3, -0.25) is 14.2 Å². The van der Waals surface area contributed by atoms with Gasteiger partial charge in [0.25, 0.3) is 0 Å². The number of carbonyl (C=O) groups is 2. The number of hydrogen-bond acceptors (Lipinski definition) is 4. The largest absolute Gasteiger partial charge is 0.476 e. The number of halogens is 1. The van der Waals surface area contributed by atoms with Crippen LogP contribution in [-0.2, 0) is 17.9 Å². The zero-order valence-corrected chi connectivity index (χ0v) is 13.7. The molecule has 25 heavy (non-hydrogen) atoms. The van der Waals surface area contributed by atoms with Crippen molar-refractivity contribution >= 4 is 29.2 Å². The maximum Gasteiger partial charge on any atom is 0.356 e. The molecule has 0 aliphatic carbocycles. The molecule has 0 saturated heterocycles. The average Bonchev–Trinajstić information content (AvgIpc) is 3.17. The van der Waals surface area contributed by atoms with Crippen LogP contribution in [0.2, 0.25) is 5.02 Å². The lowest BCUT2D eigenvalue weighted by Crippen LogP contribution is -2.19. The van der Waals surface area contributed by atoms with Gasteiger partial charge in [-0.25, -0.2) is 4.79 Å². The van der Waals surface area contributed by atoms with Crippen molar-refractivity contribution < 1.29 is 14.7 Å². The van der Waals surface area contributed by atoms with Crippen molar-refractivity contribution in [2.75, 3.05) is 5.32 Å². The molecular weight excluding hydrogens is 346 g/mol. The van der Waals surface area contributed by atoms with E-state index in [0.717, 1.165) is 5.56 Å². The fourth-order valence-electron chi connectivity index (χ4n) is 2.25. The van der Waals surface area contributed by atoms with Crippen LogP contribution in [0, 0.1) is 0 Å². The summed E-state index contributed by atoms with van der Waals surface area (Å²) in [5.74, 6) is -1.47. The molecule has 0 saturated carbocycles. The molecule has 0 aliphatic rings. The zero-order valence-electron chi connectivity index (χ0n) is 13.0. The number of carboxylic acid groups (broad SMARTS) is 1. The minimum absolute atomic E-state index is 0.0905. The van der Waals surface area contributed by atoms with Gasteiger partial charge in [0.1, 0.15) is 6.54 Å². The molecule has 1 amide bonds. The summed E-state index contributed by atoms with van der Waals surface area (Å²) in [7, 11) is 0. The number of amides is 1. The van der Waals surface area contributed by atoms with Gasteiger partial charge in [-0.15, -0.1) is 0 Å². The number of nitrogens with one attached hydrogen (secondary N) is 1. The fourth-order valence-corrected chi connectivity index (χ4v) is 2.46. The number of carbonyl (C=O) groups excluding carboxylic acids is 1. The van der Waals surface area contributed by atoms with Gasteiger partial charge in [0, 0.05) is 17.4 Å². The van der Waals surface area contributed by atoms with E-state index < -0.39 is 5.97 Å². The van der Waals surface area contributed by atoms with Crippen LogP contribution in [0.1, 0.15) is 16.1 Å². The molecular formula is C16H14ClN5O3. The van der Waals surface area contributed by atoms with E-state index in [-0.39, 0.29) is 18.1 Å². The number of carboxylic acids is 1. The first kappa shape index (κ1) is 16.7. The molecule has 0 radical (unpaired) electrons. The fraction of sp³-hybridized carbons (Fsp3) is 0.125. The van der Waals surface area contributed by atoms with Crippen molar-refractivity contribution in [3.63, 3.8) is 0 Å². The lowest BCUT2D eigenvalue weighted by Gasteiger charge is -2.03. The van der Waals surface area contributed by atoms with Crippen molar-refractivity contribution in [1.82, 2.24) is 19.6 Å². The van der Waals surface area contributed by atoms with Crippen LogP contribution in [0.5, 0.6) is 0 Å². The number of rotatable bonds is 6. The number of benzene rings is 1. The maximum absolute atomic E-state index is 12.0. The van der Waals surface area contributed by atoms with Gasteiger partial charge >= 0.3 is 5.97 Å². The van der Waals surface area contributed by atoms with Crippen LogP contribution in [0.4, 0.5) is 5.69 Å². The average molecular weight is 360 g/mol. The van der Waals surface area contributed by atoms with E-state index in [9.17, 15) is 9.59 Å². The minimum atomic E-state index is -1.14. The summed E-state index contributed by atoms with van der Waals surface area (Å²) < 4.78 is 2.94.